The Labute approximate surface area is 179 Å². The van der Waals surface area contributed by atoms with Crippen LogP contribution in [0.3, 0.4) is 0 Å². The summed E-state index contributed by atoms with van der Waals surface area (Å²) < 4.78 is 9.69. The van der Waals surface area contributed by atoms with Gasteiger partial charge >= 0.3 is 0 Å². The molecular formula is C22H27BrN4O2. The van der Waals surface area contributed by atoms with Crippen molar-refractivity contribution in [3.63, 3.8) is 0 Å². The highest BCUT2D eigenvalue weighted by Gasteiger charge is 2.16. The van der Waals surface area contributed by atoms with Gasteiger partial charge in [-0.25, -0.2) is 4.98 Å². The van der Waals surface area contributed by atoms with Crippen molar-refractivity contribution >= 4 is 33.0 Å². The molecule has 0 unspecified atom stereocenters. The lowest BCUT2D eigenvalue weighted by atomic mass is 10.1. The largest absolute Gasteiger partial charge is 0.383 e. The smallest absolute Gasteiger partial charge is 0.282 e. The van der Waals surface area contributed by atoms with Gasteiger partial charge in [0.1, 0.15) is 5.82 Å². The van der Waals surface area contributed by atoms with Crippen molar-refractivity contribution < 1.29 is 4.74 Å². The molecule has 0 aliphatic heterocycles. The summed E-state index contributed by atoms with van der Waals surface area (Å²) in [7, 11) is 1.70. The summed E-state index contributed by atoms with van der Waals surface area (Å²) in [5.74, 6) is 0.791. The highest BCUT2D eigenvalue weighted by molar-refractivity contribution is 9.10. The van der Waals surface area contributed by atoms with Gasteiger partial charge in [0.25, 0.3) is 5.56 Å². The maximum absolute atomic E-state index is 13.2. The molecular weight excluding hydrogens is 432 g/mol. The number of hydrogen-bond donors (Lipinski definition) is 0. The first-order valence-corrected chi connectivity index (χ1v) is 10.6. The molecule has 0 radical (unpaired) electrons. The Morgan fingerprint density at radius 1 is 1.31 bits per heavy atom. The molecule has 0 amide bonds. The predicted octanol–water partition coefficient (Wildman–Crippen LogP) is 4.62. The quantitative estimate of drug-likeness (QED) is 0.485. The average molecular weight is 459 g/mol. The number of aromatic nitrogens is 3. The Morgan fingerprint density at radius 3 is 2.76 bits per heavy atom. The number of ether oxygens (including phenoxy) is 1. The average Bonchev–Trinajstić information content (AvgIpc) is 2.98. The highest BCUT2D eigenvalue weighted by atomic mass is 79.9. The lowest BCUT2D eigenvalue weighted by molar-refractivity contribution is 0.186. The van der Waals surface area contributed by atoms with Gasteiger partial charge in [0.05, 0.1) is 23.7 Å². The summed E-state index contributed by atoms with van der Waals surface area (Å²) in [5.41, 5.74) is 3.75. The van der Waals surface area contributed by atoms with E-state index in [9.17, 15) is 4.79 Å². The number of nitrogens with zero attached hydrogens (tertiary/aromatic N) is 4. The van der Waals surface area contributed by atoms with E-state index in [1.54, 1.807) is 19.4 Å². The summed E-state index contributed by atoms with van der Waals surface area (Å²) >= 11 is 3.44. The van der Waals surface area contributed by atoms with E-state index >= 15 is 0 Å². The first-order chi connectivity index (χ1) is 13.9. The fourth-order valence-electron chi connectivity index (χ4n) is 3.38. The van der Waals surface area contributed by atoms with E-state index < -0.39 is 0 Å². The molecule has 0 saturated carbocycles. The fraction of sp³-hybridized carbons (Fsp3) is 0.409. The van der Waals surface area contributed by atoms with Crippen molar-refractivity contribution in [2.75, 3.05) is 13.7 Å². The van der Waals surface area contributed by atoms with E-state index in [4.69, 9.17) is 9.72 Å². The maximum atomic E-state index is 13.2. The minimum Gasteiger partial charge on any atom is -0.383 e. The lowest BCUT2D eigenvalue weighted by Crippen LogP contribution is -2.23. The summed E-state index contributed by atoms with van der Waals surface area (Å²) in [6.45, 7) is 9.69. The molecule has 0 bridgehead atoms. The molecule has 1 atom stereocenters. The third-order valence-corrected chi connectivity index (χ3v) is 5.82. The van der Waals surface area contributed by atoms with Crippen LogP contribution in [-0.4, -0.2) is 34.2 Å². The van der Waals surface area contributed by atoms with Crippen molar-refractivity contribution in [2.45, 2.75) is 46.6 Å². The van der Waals surface area contributed by atoms with Gasteiger partial charge in [-0.05, 0) is 44.5 Å². The van der Waals surface area contributed by atoms with Gasteiger partial charge in [0.2, 0.25) is 0 Å². The first-order valence-electron chi connectivity index (χ1n) is 9.79. The second-order valence-corrected chi connectivity index (χ2v) is 8.19. The van der Waals surface area contributed by atoms with Gasteiger partial charge in [-0.1, -0.05) is 29.8 Å². The molecule has 154 valence electrons. The van der Waals surface area contributed by atoms with Crippen LogP contribution < -0.4 is 5.56 Å². The molecule has 6 nitrogen and oxygen atoms in total. The second kappa shape index (κ2) is 9.05. The van der Waals surface area contributed by atoms with Gasteiger partial charge in [0.15, 0.2) is 0 Å². The van der Waals surface area contributed by atoms with Crippen LogP contribution in [0.5, 0.6) is 0 Å². The SMILES string of the molecule is CC[C@H](C)c1nc2ccc(Br)cc2c(=O)n1N=Cc1cc(C)n(CCOC)c1C. The van der Waals surface area contributed by atoms with Gasteiger partial charge in [0, 0.05) is 41.0 Å². The first kappa shape index (κ1) is 21.5. The van der Waals surface area contributed by atoms with Crippen LogP contribution in [-0.2, 0) is 11.3 Å². The van der Waals surface area contributed by atoms with Crippen LogP contribution in [0.25, 0.3) is 10.9 Å². The molecule has 0 aliphatic rings. The molecule has 29 heavy (non-hydrogen) atoms. The third kappa shape index (κ3) is 4.36. The zero-order valence-electron chi connectivity index (χ0n) is 17.6. The van der Waals surface area contributed by atoms with E-state index in [0.29, 0.717) is 23.3 Å². The molecule has 0 spiro atoms. The molecule has 0 fully saturated rings. The summed E-state index contributed by atoms with van der Waals surface area (Å²) in [5, 5.41) is 5.13. The normalized spacial score (nSPS) is 12.9. The van der Waals surface area contributed by atoms with E-state index in [2.05, 4.69) is 59.4 Å². The Balaban J connectivity index is 2.12. The number of benzene rings is 1. The topological polar surface area (TPSA) is 61.4 Å². The van der Waals surface area contributed by atoms with E-state index in [0.717, 1.165) is 34.4 Å². The number of rotatable bonds is 7. The van der Waals surface area contributed by atoms with Crippen LogP contribution in [0.2, 0.25) is 0 Å². The minimum absolute atomic E-state index is 0.113. The number of aryl methyl sites for hydroxylation is 1. The van der Waals surface area contributed by atoms with Crippen LogP contribution in [0.4, 0.5) is 0 Å². The van der Waals surface area contributed by atoms with E-state index in [1.165, 1.54) is 4.68 Å². The molecule has 1 aromatic carbocycles. The summed E-state index contributed by atoms with van der Waals surface area (Å²) in [6.07, 6.45) is 2.62. The van der Waals surface area contributed by atoms with E-state index in [-0.39, 0.29) is 11.5 Å². The number of methoxy groups -OCH3 is 1. The zero-order chi connectivity index (χ0) is 21.1. The molecule has 0 aliphatic carbocycles. The highest BCUT2D eigenvalue weighted by Crippen LogP contribution is 2.21. The van der Waals surface area contributed by atoms with Crippen LogP contribution >= 0.6 is 15.9 Å². The molecule has 2 aromatic heterocycles. The predicted molar refractivity (Wildman–Crippen MR) is 121 cm³/mol. The van der Waals surface area contributed by atoms with Gasteiger partial charge in [-0.15, -0.1) is 0 Å². The van der Waals surface area contributed by atoms with Gasteiger partial charge in [-0.2, -0.15) is 9.78 Å². The van der Waals surface area contributed by atoms with Crippen molar-refractivity contribution in [2.24, 2.45) is 5.10 Å². The molecule has 0 saturated heterocycles. The van der Waals surface area contributed by atoms with Gasteiger partial charge in [-0.3, -0.25) is 4.79 Å². The number of fused-ring (bicyclic) bond motifs is 1. The Hall–Kier alpha value is -2.25. The standard InChI is InChI=1S/C22H27BrN4O2/c1-6-14(2)21-25-20-8-7-18(23)12-19(20)22(28)27(21)24-13-17-11-15(3)26(16(17)4)9-10-29-5/h7-8,11-14H,6,9-10H2,1-5H3/t14-/m0/s1. The third-order valence-electron chi connectivity index (χ3n) is 5.33. The van der Waals surface area contributed by atoms with Crippen LogP contribution in [0, 0.1) is 13.8 Å². The molecule has 2 heterocycles. The minimum atomic E-state index is -0.156. The molecule has 7 heteroatoms. The van der Waals surface area contributed by atoms with Crippen molar-refractivity contribution in [1.82, 2.24) is 14.2 Å². The number of halogens is 1. The molecule has 0 N–H and O–H groups in total. The van der Waals surface area contributed by atoms with Gasteiger partial charge < -0.3 is 9.30 Å². The molecule has 3 aromatic rings. The fourth-order valence-corrected chi connectivity index (χ4v) is 3.75. The summed E-state index contributed by atoms with van der Waals surface area (Å²) in [6, 6.07) is 7.64. The van der Waals surface area contributed by atoms with Crippen molar-refractivity contribution in [3.8, 4) is 0 Å². The number of hydrogen-bond acceptors (Lipinski definition) is 4. The summed E-state index contributed by atoms with van der Waals surface area (Å²) in [4.78, 5) is 18.0. The van der Waals surface area contributed by atoms with Crippen LogP contribution in [0.1, 0.15) is 49.0 Å². The van der Waals surface area contributed by atoms with Crippen LogP contribution in [0.15, 0.2) is 38.6 Å². The zero-order valence-corrected chi connectivity index (χ0v) is 19.2. The Bertz CT molecular complexity index is 1110. The monoisotopic (exact) mass is 458 g/mol. The lowest BCUT2D eigenvalue weighted by Gasteiger charge is -2.14. The second-order valence-electron chi connectivity index (χ2n) is 7.27. The Kier molecular flexibility index (Phi) is 6.70. The van der Waals surface area contributed by atoms with Crippen molar-refractivity contribution in [3.05, 3.63) is 61.9 Å². The van der Waals surface area contributed by atoms with Crippen molar-refractivity contribution in [1.29, 1.82) is 0 Å². The maximum Gasteiger partial charge on any atom is 0.282 e. The molecule has 3 rings (SSSR count). The van der Waals surface area contributed by atoms with E-state index in [1.807, 2.05) is 12.1 Å². The Morgan fingerprint density at radius 2 is 2.07 bits per heavy atom.